The zero-order valence-corrected chi connectivity index (χ0v) is 18.1. The van der Waals surface area contributed by atoms with Crippen molar-refractivity contribution in [1.29, 1.82) is 0 Å². The van der Waals surface area contributed by atoms with Crippen LogP contribution in [0, 0.1) is 5.21 Å². The SMILES string of the molecule is NCc1ccc(Cl)cc1CNC(=O)CNC(=O)C(CCc1cccc[n+]1[O-])NCC(=O)O. The van der Waals surface area contributed by atoms with Gasteiger partial charge in [-0.25, -0.2) is 0 Å². The molecule has 1 aromatic heterocycles. The maximum Gasteiger partial charge on any atom is 0.317 e. The molecule has 0 aliphatic rings. The number of carbonyl (C=O) groups is 3. The number of rotatable bonds is 12. The molecule has 1 aromatic carbocycles. The van der Waals surface area contributed by atoms with Gasteiger partial charge >= 0.3 is 5.97 Å². The first-order chi connectivity index (χ1) is 15.3. The monoisotopic (exact) mass is 463 g/mol. The van der Waals surface area contributed by atoms with Crippen LogP contribution in [-0.2, 0) is 33.9 Å². The number of amides is 2. The number of nitrogens with zero attached hydrogens (tertiary/aromatic N) is 1. The van der Waals surface area contributed by atoms with Crippen LogP contribution in [0.4, 0.5) is 0 Å². The van der Waals surface area contributed by atoms with Gasteiger partial charge in [-0.1, -0.05) is 23.7 Å². The van der Waals surface area contributed by atoms with Crippen molar-refractivity contribution in [2.75, 3.05) is 13.1 Å². The predicted octanol–water partition coefficient (Wildman–Crippen LogP) is -0.160. The van der Waals surface area contributed by atoms with Crippen LogP contribution in [0.15, 0.2) is 42.6 Å². The Balaban J connectivity index is 1.89. The van der Waals surface area contributed by atoms with E-state index in [2.05, 4.69) is 16.0 Å². The highest BCUT2D eigenvalue weighted by atomic mass is 35.5. The summed E-state index contributed by atoms with van der Waals surface area (Å²) in [6.45, 7) is -0.247. The molecule has 172 valence electrons. The fraction of sp³-hybridized carbons (Fsp3) is 0.333. The molecule has 11 heteroatoms. The van der Waals surface area contributed by atoms with Gasteiger partial charge in [0, 0.05) is 36.7 Å². The van der Waals surface area contributed by atoms with Gasteiger partial charge in [0.25, 0.3) is 0 Å². The quantitative estimate of drug-likeness (QED) is 0.216. The van der Waals surface area contributed by atoms with Crippen LogP contribution in [0.1, 0.15) is 23.2 Å². The number of hydrogen-bond acceptors (Lipinski definition) is 6. The molecule has 0 saturated heterocycles. The first kappa shape index (κ1) is 25.1. The molecule has 0 fully saturated rings. The lowest BCUT2D eigenvalue weighted by Crippen LogP contribution is -2.49. The number of carboxylic acids is 1. The number of aromatic nitrogens is 1. The van der Waals surface area contributed by atoms with Crippen molar-refractivity contribution in [3.63, 3.8) is 0 Å². The van der Waals surface area contributed by atoms with Gasteiger partial charge in [0.1, 0.15) is 0 Å². The molecule has 0 aliphatic heterocycles. The van der Waals surface area contributed by atoms with Crippen LogP contribution in [0.3, 0.4) is 0 Å². The van der Waals surface area contributed by atoms with E-state index in [-0.39, 0.29) is 25.9 Å². The predicted molar refractivity (Wildman–Crippen MR) is 117 cm³/mol. The van der Waals surface area contributed by atoms with Gasteiger partial charge in [-0.3, -0.25) is 19.7 Å². The summed E-state index contributed by atoms with van der Waals surface area (Å²) in [6, 6.07) is 9.21. The number of pyridine rings is 1. The topological polar surface area (TPSA) is 160 Å². The summed E-state index contributed by atoms with van der Waals surface area (Å²) >= 11 is 5.98. The minimum atomic E-state index is -1.13. The van der Waals surface area contributed by atoms with Crippen molar-refractivity contribution < 1.29 is 24.2 Å². The van der Waals surface area contributed by atoms with E-state index in [0.717, 1.165) is 11.1 Å². The van der Waals surface area contributed by atoms with Crippen LogP contribution in [0.2, 0.25) is 5.02 Å². The number of aryl methyl sites for hydroxylation is 1. The molecular formula is C21H26ClN5O5. The van der Waals surface area contributed by atoms with Gasteiger partial charge in [-0.15, -0.1) is 0 Å². The zero-order valence-electron chi connectivity index (χ0n) is 17.3. The van der Waals surface area contributed by atoms with Crippen LogP contribution >= 0.6 is 11.6 Å². The molecule has 0 aliphatic carbocycles. The van der Waals surface area contributed by atoms with Crippen LogP contribution < -0.4 is 26.4 Å². The Hall–Kier alpha value is -3.21. The van der Waals surface area contributed by atoms with Crippen LogP contribution in [0.25, 0.3) is 0 Å². The number of aliphatic carboxylic acids is 1. The first-order valence-corrected chi connectivity index (χ1v) is 10.3. The van der Waals surface area contributed by atoms with E-state index in [4.69, 9.17) is 22.4 Å². The fourth-order valence-electron chi connectivity index (χ4n) is 2.99. The van der Waals surface area contributed by atoms with E-state index in [1.807, 2.05) is 0 Å². The van der Waals surface area contributed by atoms with Gasteiger partial charge in [0.05, 0.1) is 19.1 Å². The lowest BCUT2D eigenvalue weighted by Gasteiger charge is -2.17. The molecule has 0 radical (unpaired) electrons. The standard InChI is InChI=1S/C21H26ClN5O5/c22-16-5-4-14(10-23)15(9-16)11-25-19(28)12-26-21(31)18(24-13-20(29)30)7-6-17-3-1-2-8-27(17)32/h1-5,8-9,18,24H,6-7,10-13,23H2,(H,25,28)(H,26,31)(H,29,30). The molecule has 1 heterocycles. The Kier molecular flexibility index (Phi) is 9.86. The molecule has 2 rings (SSSR count). The lowest BCUT2D eigenvalue weighted by atomic mass is 10.1. The highest BCUT2D eigenvalue weighted by molar-refractivity contribution is 6.30. The molecule has 32 heavy (non-hydrogen) atoms. The largest absolute Gasteiger partial charge is 0.619 e. The van der Waals surface area contributed by atoms with Crippen molar-refractivity contribution >= 4 is 29.4 Å². The van der Waals surface area contributed by atoms with Crippen molar-refractivity contribution in [2.45, 2.75) is 32.0 Å². The van der Waals surface area contributed by atoms with Gasteiger partial charge < -0.3 is 26.7 Å². The normalized spacial score (nSPS) is 11.6. The minimum absolute atomic E-state index is 0.176. The molecule has 2 aromatic rings. The fourth-order valence-corrected chi connectivity index (χ4v) is 3.19. The molecule has 1 unspecified atom stereocenters. The smallest absolute Gasteiger partial charge is 0.317 e. The molecule has 10 nitrogen and oxygen atoms in total. The second-order valence-electron chi connectivity index (χ2n) is 7.00. The summed E-state index contributed by atoms with van der Waals surface area (Å²) in [5, 5.41) is 29.0. The number of carboxylic acid groups (broad SMARTS) is 1. The van der Waals surface area contributed by atoms with Crippen LogP contribution in [0.5, 0.6) is 0 Å². The maximum atomic E-state index is 12.5. The lowest BCUT2D eigenvalue weighted by molar-refractivity contribution is -0.614. The number of halogens is 1. The summed E-state index contributed by atoms with van der Waals surface area (Å²) in [6.07, 6.45) is 1.77. The summed E-state index contributed by atoms with van der Waals surface area (Å²) in [7, 11) is 0. The average Bonchev–Trinajstić information content (AvgIpc) is 2.77. The Morgan fingerprint density at radius 1 is 1.12 bits per heavy atom. The van der Waals surface area contributed by atoms with Gasteiger partial charge in [-0.2, -0.15) is 4.73 Å². The number of carbonyl (C=O) groups excluding carboxylic acids is 2. The average molecular weight is 464 g/mol. The van der Waals surface area contributed by atoms with Gasteiger partial charge in [-0.05, 0) is 29.7 Å². The van der Waals surface area contributed by atoms with Crippen molar-refractivity contribution in [2.24, 2.45) is 5.73 Å². The van der Waals surface area contributed by atoms with Crippen molar-refractivity contribution in [3.8, 4) is 0 Å². The maximum absolute atomic E-state index is 12.5. The third-order valence-electron chi connectivity index (χ3n) is 4.70. The van der Waals surface area contributed by atoms with E-state index in [0.29, 0.717) is 22.0 Å². The Morgan fingerprint density at radius 3 is 2.59 bits per heavy atom. The van der Waals surface area contributed by atoms with E-state index in [1.54, 1.807) is 36.4 Å². The van der Waals surface area contributed by atoms with Crippen molar-refractivity contribution in [1.82, 2.24) is 16.0 Å². The Bertz CT molecular complexity index is 956. The Labute approximate surface area is 190 Å². The highest BCUT2D eigenvalue weighted by Gasteiger charge is 2.21. The van der Waals surface area contributed by atoms with Gasteiger partial charge in [0.2, 0.25) is 11.8 Å². The zero-order chi connectivity index (χ0) is 23.5. The third-order valence-corrected chi connectivity index (χ3v) is 4.93. The first-order valence-electron chi connectivity index (χ1n) is 9.94. The minimum Gasteiger partial charge on any atom is -0.619 e. The molecule has 0 bridgehead atoms. The summed E-state index contributed by atoms with van der Waals surface area (Å²) in [4.78, 5) is 35.6. The van der Waals surface area contributed by atoms with E-state index in [9.17, 15) is 19.6 Å². The molecule has 0 saturated carbocycles. The summed E-state index contributed by atoms with van der Waals surface area (Å²) in [5.41, 5.74) is 7.74. The van der Waals surface area contributed by atoms with E-state index >= 15 is 0 Å². The molecule has 1 atom stereocenters. The number of nitrogens with two attached hydrogens (primary N) is 1. The summed E-state index contributed by atoms with van der Waals surface area (Å²) in [5.74, 6) is -2.10. The second-order valence-corrected chi connectivity index (χ2v) is 7.43. The number of benzene rings is 1. The van der Waals surface area contributed by atoms with Crippen molar-refractivity contribution in [3.05, 3.63) is 69.6 Å². The Morgan fingerprint density at radius 2 is 1.91 bits per heavy atom. The molecular weight excluding hydrogens is 438 g/mol. The van der Waals surface area contributed by atoms with Gasteiger partial charge in [0.15, 0.2) is 11.9 Å². The molecule has 6 N–H and O–H groups in total. The van der Waals surface area contributed by atoms with E-state index in [1.165, 1.54) is 6.20 Å². The summed E-state index contributed by atoms with van der Waals surface area (Å²) < 4.78 is 0.686. The second kappa shape index (κ2) is 12.6. The molecule has 2 amide bonds. The number of nitrogens with one attached hydrogen (secondary N) is 3. The number of hydrogen-bond donors (Lipinski definition) is 5. The highest BCUT2D eigenvalue weighted by Crippen LogP contribution is 2.15. The van der Waals surface area contributed by atoms with Crippen LogP contribution in [-0.4, -0.2) is 42.0 Å². The third kappa shape index (κ3) is 8.14. The molecule has 0 spiro atoms. The van der Waals surface area contributed by atoms with E-state index < -0.39 is 30.4 Å².